The highest BCUT2D eigenvalue weighted by molar-refractivity contribution is 9.10. The van der Waals surface area contributed by atoms with Crippen LogP contribution in [0.15, 0.2) is 34.8 Å². The third-order valence-corrected chi connectivity index (χ3v) is 3.36. The molecule has 20 heavy (non-hydrogen) atoms. The highest BCUT2D eigenvalue weighted by Crippen LogP contribution is 2.29. The number of anilines is 2. The van der Waals surface area contributed by atoms with Crippen molar-refractivity contribution >= 4 is 33.4 Å². The number of aryl methyl sites for hydroxylation is 1. The van der Waals surface area contributed by atoms with Gasteiger partial charge in [-0.2, -0.15) is 0 Å². The first-order chi connectivity index (χ1) is 9.51. The number of methoxy groups -OCH3 is 1. The Morgan fingerprint density at radius 2 is 2.10 bits per heavy atom. The lowest BCUT2D eigenvalue weighted by Gasteiger charge is -2.10. The number of carbonyl (C=O) groups is 1. The third-order valence-electron chi connectivity index (χ3n) is 2.74. The number of carboxylic acid groups (broad SMARTS) is 1. The number of hydrogen-bond donors (Lipinski definition) is 2. The van der Waals surface area contributed by atoms with E-state index in [-0.39, 0.29) is 5.56 Å². The Labute approximate surface area is 124 Å². The predicted octanol–water partition coefficient (Wildman–Crippen LogP) is 3.60. The number of nitrogens with zero attached hydrogens (tertiary/aromatic N) is 1. The van der Waals surface area contributed by atoms with Crippen LogP contribution in [0, 0.1) is 6.92 Å². The Hall–Kier alpha value is -2.08. The van der Waals surface area contributed by atoms with E-state index in [9.17, 15) is 4.79 Å². The summed E-state index contributed by atoms with van der Waals surface area (Å²) in [6, 6.07) is 8.71. The second-order valence-corrected chi connectivity index (χ2v) is 4.96. The van der Waals surface area contributed by atoms with Gasteiger partial charge in [0.15, 0.2) is 0 Å². The zero-order chi connectivity index (χ0) is 14.7. The Bertz CT molecular complexity index is 659. The van der Waals surface area contributed by atoms with Gasteiger partial charge >= 0.3 is 5.97 Å². The lowest BCUT2D eigenvalue weighted by Crippen LogP contribution is -2.03. The molecule has 0 fully saturated rings. The van der Waals surface area contributed by atoms with Crippen molar-refractivity contribution in [3.05, 3.63) is 46.1 Å². The first-order valence-corrected chi connectivity index (χ1v) is 6.62. The topological polar surface area (TPSA) is 71.5 Å². The maximum atomic E-state index is 10.9. The fraction of sp³-hybridized carbons (Fsp3) is 0.143. The van der Waals surface area contributed by atoms with Crippen molar-refractivity contribution in [2.45, 2.75) is 6.92 Å². The number of ether oxygens (including phenoxy) is 1. The molecule has 5 nitrogen and oxygen atoms in total. The number of aromatic nitrogens is 1. The predicted molar refractivity (Wildman–Crippen MR) is 79.9 cm³/mol. The van der Waals surface area contributed by atoms with E-state index >= 15 is 0 Å². The second kappa shape index (κ2) is 5.92. The van der Waals surface area contributed by atoms with Gasteiger partial charge in [0.25, 0.3) is 0 Å². The molecule has 0 aliphatic carbocycles. The van der Waals surface area contributed by atoms with Crippen molar-refractivity contribution in [1.29, 1.82) is 0 Å². The molecule has 1 heterocycles. The molecular weight excluding hydrogens is 324 g/mol. The average molecular weight is 337 g/mol. The number of pyridine rings is 1. The molecule has 0 saturated heterocycles. The van der Waals surface area contributed by atoms with Crippen LogP contribution in [-0.2, 0) is 0 Å². The summed E-state index contributed by atoms with van der Waals surface area (Å²) in [4.78, 5) is 15.1. The summed E-state index contributed by atoms with van der Waals surface area (Å²) in [6.45, 7) is 1.67. The number of halogens is 1. The Balaban J connectivity index is 2.24. The van der Waals surface area contributed by atoms with E-state index in [1.165, 1.54) is 6.07 Å². The summed E-state index contributed by atoms with van der Waals surface area (Å²) in [6.07, 6.45) is 0. The van der Waals surface area contributed by atoms with Gasteiger partial charge in [-0.25, -0.2) is 9.78 Å². The molecule has 104 valence electrons. The fourth-order valence-electron chi connectivity index (χ4n) is 1.75. The summed E-state index contributed by atoms with van der Waals surface area (Å²) in [5, 5.41) is 12.1. The van der Waals surface area contributed by atoms with Crippen LogP contribution < -0.4 is 10.1 Å². The van der Waals surface area contributed by atoms with Gasteiger partial charge in [-0.05, 0) is 53.2 Å². The molecule has 0 radical (unpaired) electrons. The van der Waals surface area contributed by atoms with Crippen molar-refractivity contribution < 1.29 is 14.6 Å². The van der Waals surface area contributed by atoms with Crippen molar-refractivity contribution in [2.24, 2.45) is 0 Å². The molecule has 0 spiro atoms. The number of rotatable bonds is 4. The SMILES string of the molecule is COc1ccc(Nc2ccc(C(=O)O)c(C)n2)cc1Br. The van der Waals surface area contributed by atoms with Crippen LogP contribution in [-0.4, -0.2) is 23.2 Å². The lowest BCUT2D eigenvalue weighted by atomic mass is 10.2. The van der Waals surface area contributed by atoms with Gasteiger partial charge in [-0.15, -0.1) is 0 Å². The minimum atomic E-state index is -0.978. The summed E-state index contributed by atoms with van der Waals surface area (Å²) >= 11 is 3.40. The zero-order valence-electron chi connectivity index (χ0n) is 11.0. The largest absolute Gasteiger partial charge is 0.496 e. The minimum absolute atomic E-state index is 0.200. The van der Waals surface area contributed by atoms with Gasteiger partial charge in [0, 0.05) is 5.69 Å². The maximum absolute atomic E-state index is 10.9. The molecule has 1 aromatic carbocycles. The molecule has 6 heteroatoms. The number of carboxylic acids is 1. The van der Waals surface area contributed by atoms with E-state index in [1.807, 2.05) is 18.2 Å². The van der Waals surface area contributed by atoms with E-state index in [4.69, 9.17) is 9.84 Å². The van der Waals surface area contributed by atoms with Crippen molar-refractivity contribution in [3.63, 3.8) is 0 Å². The van der Waals surface area contributed by atoms with E-state index in [0.29, 0.717) is 11.5 Å². The van der Waals surface area contributed by atoms with Crippen LogP contribution in [0.4, 0.5) is 11.5 Å². The van der Waals surface area contributed by atoms with Crippen LogP contribution in [0.3, 0.4) is 0 Å². The van der Waals surface area contributed by atoms with E-state index < -0.39 is 5.97 Å². The van der Waals surface area contributed by atoms with Crippen LogP contribution >= 0.6 is 15.9 Å². The number of benzene rings is 1. The Morgan fingerprint density at radius 3 is 2.65 bits per heavy atom. The third kappa shape index (κ3) is 3.08. The standard InChI is InChI=1S/C14H13BrN2O3/c1-8-10(14(18)19)4-6-13(16-8)17-9-3-5-12(20-2)11(15)7-9/h3-7H,1-2H3,(H,16,17)(H,18,19). The molecular formula is C14H13BrN2O3. The number of nitrogens with one attached hydrogen (secondary N) is 1. The molecule has 0 aliphatic rings. The van der Waals surface area contributed by atoms with Crippen LogP contribution in [0.5, 0.6) is 5.75 Å². The van der Waals surface area contributed by atoms with Crippen LogP contribution in [0.25, 0.3) is 0 Å². The normalized spacial score (nSPS) is 10.2. The van der Waals surface area contributed by atoms with Crippen molar-refractivity contribution in [2.75, 3.05) is 12.4 Å². The van der Waals surface area contributed by atoms with E-state index in [1.54, 1.807) is 20.1 Å². The first-order valence-electron chi connectivity index (χ1n) is 5.83. The molecule has 2 rings (SSSR count). The van der Waals surface area contributed by atoms with Crippen molar-refractivity contribution in [3.8, 4) is 5.75 Å². The molecule has 0 atom stereocenters. The average Bonchev–Trinajstić information content (AvgIpc) is 2.38. The maximum Gasteiger partial charge on any atom is 0.337 e. The van der Waals surface area contributed by atoms with Crippen molar-refractivity contribution in [1.82, 2.24) is 4.98 Å². The van der Waals surface area contributed by atoms with Gasteiger partial charge in [0.2, 0.25) is 0 Å². The number of aromatic carboxylic acids is 1. The molecule has 1 aromatic heterocycles. The van der Waals surface area contributed by atoms with Gasteiger partial charge in [0.05, 0.1) is 22.8 Å². The minimum Gasteiger partial charge on any atom is -0.496 e. The molecule has 0 amide bonds. The van der Waals surface area contributed by atoms with Gasteiger partial charge in [0.1, 0.15) is 11.6 Å². The molecule has 0 saturated carbocycles. The van der Waals surface area contributed by atoms with Crippen LogP contribution in [0.2, 0.25) is 0 Å². The van der Waals surface area contributed by atoms with Gasteiger partial charge < -0.3 is 15.2 Å². The lowest BCUT2D eigenvalue weighted by molar-refractivity contribution is 0.0695. The fourth-order valence-corrected chi connectivity index (χ4v) is 2.29. The van der Waals surface area contributed by atoms with Gasteiger partial charge in [-0.1, -0.05) is 0 Å². The summed E-state index contributed by atoms with van der Waals surface area (Å²) in [5.41, 5.74) is 1.49. The zero-order valence-corrected chi connectivity index (χ0v) is 12.6. The Morgan fingerprint density at radius 1 is 1.35 bits per heavy atom. The molecule has 2 aromatic rings. The van der Waals surface area contributed by atoms with E-state index in [0.717, 1.165) is 15.9 Å². The van der Waals surface area contributed by atoms with Gasteiger partial charge in [-0.3, -0.25) is 0 Å². The highest BCUT2D eigenvalue weighted by Gasteiger charge is 2.09. The smallest absolute Gasteiger partial charge is 0.337 e. The highest BCUT2D eigenvalue weighted by atomic mass is 79.9. The summed E-state index contributed by atoms with van der Waals surface area (Å²) < 4.78 is 5.98. The number of hydrogen-bond acceptors (Lipinski definition) is 4. The quantitative estimate of drug-likeness (QED) is 0.892. The molecule has 0 aliphatic heterocycles. The summed E-state index contributed by atoms with van der Waals surface area (Å²) in [5.74, 6) is 0.347. The Kier molecular flexibility index (Phi) is 4.24. The summed E-state index contributed by atoms with van der Waals surface area (Å²) in [7, 11) is 1.60. The second-order valence-electron chi connectivity index (χ2n) is 4.11. The first kappa shape index (κ1) is 14.3. The molecule has 0 unspecified atom stereocenters. The van der Waals surface area contributed by atoms with E-state index in [2.05, 4.69) is 26.2 Å². The molecule has 2 N–H and O–H groups in total. The monoisotopic (exact) mass is 336 g/mol. The molecule has 0 bridgehead atoms. The van der Waals surface area contributed by atoms with Crippen LogP contribution in [0.1, 0.15) is 16.1 Å².